The van der Waals surface area contributed by atoms with Gasteiger partial charge in [-0.1, -0.05) is 35.9 Å². The van der Waals surface area contributed by atoms with Crippen molar-refractivity contribution in [1.82, 2.24) is 0 Å². The van der Waals surface area contributed by atoms with Crippen molar-refractivity contribution in [2.24, 2.45) is 0 Å². The second kappa shape index (κ2) is 3.98. The van der Waals surface area contributed by atoms with Gasteiger partial charge in [-0.15, -0.1) is 0 Å². The fourth-order valence-corrected chi connectivity index (χ4v) is 2.91. The molecule has 0 heterocycles. The van der Waals surface area contributed by atoms with Gasteiger partial charge in [0.25, 0.3) is 0 Å². The number of hydrogen-bond acceptors (Lipinski definition) is 0. The predicted octanol–water partition coefficient (Wildman–Crippen LogP) is 5.21. The third kappa shape index (κ3) is 1.82. The van der Waals surface area contributed by atoms with E-state index >= 15 is 0 Å². The molecule has 0 aliphatic heterocycles. The average molecular weight is 332 g/mol. The summed E-state index contributed by atoms with van der Waals surface area (Å²) in [5.74, 6) is 0. The Balaban J connectivity index is 2.48. The Bertz CT molecular complexity index is 726. The van der Waals surface area contributed by atoms with Gasteiger partial charge in [-0.25, -0.2) is 0 Å². The van der Waals surface area contributed by atoms with Crippen LogP contribution in [0.5, 0.6) is 0 Å². The molecular weight excluding hydrogens is 319 g/mol. The molecule has 0 saturated heterocycles. The molecular formula is C16H13I. The molecule has 0 aromatic heterocycles. The van der Waals surface area contributed by atoms with Crippen LogP contribution in [0.2, 0.25) is 0 Å². The van der Waals surface area contributed by atoms with Crippen molar-refractivity contribution in [2.75, 3.05) is 0 Å². The smallest absolute Gasteiger partial charge is 0.0238 e. The largest absolute Gasteiger partial charge is 0.0587 e. The summed E-state index contributed by atoms with van der Waals surface area (Å²) in [5.41, 5.74) is 2.67. The van der Waals surface area contributed by atoms with Gasteiger partial charge in [-0.3, -0.25) is 0 Å². The van der Waals surface area contributed by atoms with Crippen molar-refractivity contribution < 1.29 is 0 Å². The molecule has 3 aromatic rings. The summed E-state index contributed by atoms with van der Waals surface area (Å²) in [5, 5.41) is 5.35. The Morgan fingerprint density at radius 3 is 2.35 bits per heavy atom. The zero-order chi connectivity index (χ0) is 12.0. The summed E-state index contributed by atoms with van der Waals surface area (Å²) in [6.07, 6.45) is 0. The summed E-state index contributed by atoms with van der Waals surface area (Å²) >= 11 is 2.44. The van der Waals surface area contributed by atoms with E-state index in [0.717, 1.165) is 0 Å². The number of fused-ring (bicyclic) bond motifs is 2. The van der Waals surface area contributed by atoms with E-state index in [1.54, 1.807) is 0 Å². The van der Waals surface area contributed by atoms with Crippen molar-refractivity contribution in [3.8, 4) is 0 Å². The van der Waals surface area contributed by atoms with E-state index in [2.05, 4.69) is 78.9 Å². The third-order valence-corrected chi connectivity index (χ3v) is 4.69. The van der Waals surface area contributed by atoms with Gasteiger partial charge in [0.05, 0.1) is 0 Å². The zero-order valence-electron chi connectivity index (χ0n) is 9.92. The van der Waals surface area contributed by atoms with Crippen molar-refractivity contribution in [2.45, 2.75) is 13.8 Å². The van der Waals surface area contributed by atoms with Crippen LogP contribution >= 0.6 is 22.6 Å². The van der Waals surface area contributed by atoms with E-state index < -0.39 is 0 Å². The van der Waals surface area contributed by atoms with Gasteiger partial charge >= 0.3 is 0 Å². The van der Waals surface area contributed by atoms with Crippen LogP contribution < -0.4 is 0 Å². The molecule has 0 aliphatic rings. The lowest BCUT2D eigenvalue weighted by Crippen LogP contribution is -1.84. The minimum Gasteiger partial charge on any atom is -0.0587 e. The predicted molar refractivity (Wildman–Crippen MR) is 83.6 cm³/mol. The van der Waals surface area contributed by atoms with E-state index in [1.165, 1.54) is 36.2 Å². The molecule has 84 valence electrons. The minimum atomic E-state index is 1.32. The number of rotatable bonds is 0. The van der Waals surface area contributed by atoms with E-state index in [-0.39, 0.29) is 0 Å². The topological polar surface area (TPSA) is 0 Å². The monoisotopic (exact) mass is 332 g/mol. The summed E-state index contributed by atoms with van der Waals surface area (Å²) in [6.45, 7) is 4.31. The number of aryl methyl sites for hydroxylation is 2. The van der Waals surface area contributed by atoms with Crippen LogP contribution in [0.15, 0.2) is 42.5 Å². The van der Waals surface area contributed by atoms with Crippen LogP contribution in [-0.4, -0.2) is 0 Å². The molecule has 0 aliphatic carbocycles. The number of hydrogen-bond donors (Lipinski definition) is 0. The van der Waals surface area contributed by atoms with Gasteiger partial charge in [0.1, 0.15) is 0 Å². The Labute approximate surface area is 115 Å². The van der Waals surface area contributed by atoms with Crippen LogP contribution in [0.4, 0.5) is 0 Å². The lowest BCUT2D eigenvalue weighted by Gasteiger charge is -2.07. The maximum Gasteiger partial charge on any atom is 0.0238 e. The first-order chi connectivity index (χ1) is 8.15. The Morgan fingerprint density at radius 2 is 1.53 bits per heavy atom. The van der Waals surface area contributed by atoms with Crippen LogP contribution in [0.1, 0.15) is 11.1 Å². The molecule has 0 atom stereocenters. The van der Waals surface area contributed by atoms with Gasteiger partial charge in [0.2, 0.25) is 0 Å². The van der Waals surface area contributed by atoms with E-state index in [9.17, 15) is 0 Å². The molecule has 0 unspecified atom stereocenters. The van der Waals surface area contributed by atoms with Gasteiger partial charge < -0.3 is 0 Å². The minimum absolute atomic E-state index is 1.32. The lowest BCUT2D eigenvalue weighted by atomic mass is 10.0. The lowest BCUT2D eigenvalue weighted by molar-refractivity contribution is 1.47. The van der Waals surface area contributed by atoms with Crippen LogP contribution in [0.25, 0.3) is 21.5 Å². The molecule has 0 bridgehead atoms. The molecule has 0 N–H and O–H groups in total. The fourth-order valence-electron chi connectivity index (χ4n) is 2.26. The Kier molecular flexibility index (Phi) is 2.58. The first kappa shape index (κ1) is 11.0. The van der Waals surface area contributed by atoms with E-state index in [1.807, 2.05) is 0 Å². The standard InChI is InChI=1S/C16H13I/c1-10-3-5-12-9-15-13(8-14(12)7-10)6-4-11(2)16(15)17/h3-9H,1-2H3. The van der Waals surface area contributed by atoms with Crippen LogP contribution in [0.3, 0.4) is 0 Å². The summed E-state index contributed by atoms with van der Waals surface area (Å²) in [4.78, 5) is 0. The first-order valence-electron chi connectivity index (χ1n) is 5.74. The fraction of sp³-hybridized carbons (Fsp3) is 0.125. The molecule has 17 heavy (non-hydrogen) atoms. The van der Waals surface area contributed by atoms with E-state index in [0.29, 0.717) is 0 Å². The van der Waals surface area contributed by atoms with E-state index in [4.69, 9.17) is 0 Å². The molecule has 3 rings (SSSR count). The Morgan fingerprint density at radius 1 is 0.765 bits per heavy atom. The number of benzene rings is 3. The quantitative estimate of drug-likeness (QED) is 0.391. The third-order valence-electron chi connectivity index (χ3n) is 3.26. The molecule has 0 spiro atoms. The van der Waals surface area contributed by atoms with Gasteiger partial charge in [0, 0.05) is 3.57 Å². The summed E-state index contributed by atoms with van der Waals surface area (Å²) in [7, 11) is 0. The second-order valence-corrected chi connectivity index (χ2v) is 5.70. The summed E-state index contributed by atoms with van der Waals surface area (Å²) < 4.78 is 1.36. The highest BCUT2D eigenvalue weighted by Crippen LogP contribution is 2.28. The van der Waals surface area contributed by atoms with Gasteiger partial charge in [-0.2, -0.15) is 0 Å². The number of halogens is 1. The average Bonchev–Trinajstić information content (AvgIpc) is 2.32. The first-order valence-corrected chi connectivity index (χ1v) is 6.82. The molecule has 0 nitrogen and oxygen atoms in total. The van der Waals surface area contributed by atoms with Crippen molar-refractivity contribution in [3.05, 3.63) is 57.2 Å². The molecule has 0 saturated carbocycles. The maximum absolute atomic E-state index is 2.44. The van der Waals surface area contributed by atoms with Crippen LogP contribution in [0, 0.1) is 17.4 Å². The SMILES string of the molecule is Cc1ccc2cc3c(I)c(C)ccc3cc2c1. The van der Waals surface area contributed by atoms with Crippen molar-refractivity contribution in [3.63, 3.8) is 0 Å². The highest BCUT2D eigenvalue weighted by atomic mass is 127. The van der Waals surface area contributed by atoms with Crippen LogP contribution in [-0.2, 0) is 0 Å². The normalized spacial score (nSPS) is 11.2. The molecule has 0 fully saturated rings. The Hall–Kier alpha value is -1.09. The second-order valence-electron chi connectivity index (χ2n) is 4.62. The molecule has 0 radical (unpaired) electrons. The highest BCUT2D eigenvalue weighted by Gasteiger charge is 2.03. The van der Waals surface area contributed by atoms with Gasteiger partial charge in [0.15, 0.2) is 0 Å². The zero-order valence-corrected chi connectivity index (χ0v) is 12.1. The van der Waals surface area contributed by atoms with Crippen molar-refractivity contribution >= 4 is 44.1 Å². The maximum atomic E-state index is 2.44. The molecule has 1 heteroatoms. The van der Waals surface area contributed by atoms with Gasteiger partial charge in [-0.05, 0) is 75.7 Å². The molecule has 0 amide bonds. The highest BCUT2D eigenvalue weighted by molar-refractivity contribution is 14.1. The summed E-state index contributed by atoms with van der Waals surface area (Å²) in [6, 6.07) is 15.7. The molecule has 3 aromatic carbocycles. The van der Waals surface area contributed by atoms with Crippen molar-refractivity contribution in [1.29, 1.82) is 0 Å².